The van der Waals surface area contributed by atoms with Crippen molar-refractivity contribution in [2.75, 3.05) is 17.7 Å². The molecular weight excluding hydrogens is 413 g/mol. The van der Waals surface area contributed by atoms with Crippen molar-refractivity contribution >= 4 is 56.6 Å². The number of amidine groups is 1. The van der Waals surface area contributed by atoms with Crippen LogP contribution in [0.3, 0.4) is 0 Å². The molecule has 0 aromatic heterocycles. The minimum atomic E-state index is -0.665. The average molecular weight is 427 g/mol. The lowest BCUT2D eigenvalue weighted by atomic mass is 10.0. The van der Waals surface area contributed by atoms with Crippen LogP contribution in [0.5, 0.6) is 0 Å². The average Bonchev–Trinajstić information content (AvgIpc) is 2.60. The van der Waals surface area contributed by atoms with Crippen LogP contribution in [-0.4, -0.2) is 24.2 Å². The summed E-state index contributed by atoms with van der Waals surface area (Å²) in [6.45, 7) is 0.392. The van der Waals surface area contributed by atoms with Crippen LogP contribution in [0.25, 0.3) is 0 Å². The van der Waals surface area contributed by atoms with Gasteiger partial charge in [-0.05, 0) is 18.2 Å². The van der Waals surface area contributed by atoms with Crippen LogP contribution in [0.1, 0.15) is 17.2 Å². The van der Waals surface area contributed by atoms with Gasteiger partial charge >= 0.3 is 0 Å². The van der Waals surface area contributed by atoms with E-state index in [0.29, 0.717) is 29.0 Å². The molecule has 2 aromatic carbocycles. The number of carbonyl (C=O) groups excluding carboxylic acids is 1. The number of aliphatic imine (C=N–C) groups is 1. The second-order valence-electron chi connectivity index (χ2n) is 5.20. The Morgan fingerprint density at radius 1 is 1.25 bits per heavy atom. The van der Waals surface area contributed by atoms with Gasteiger partial charge in [-0.3, -0.25) is 4.79 Å². The van der Waals surface area contributed by atoms with Crippen LogP contribution >= 0.6 is 39.1 Å². The Morgan fingerprint density at radius 2 is 2.00 bits per heavy atom. The predicted molar refractivity (Wildman–Crippen MR) is 102 cm³/mol. The van der Waals surface area contributed by atoms with Crippen LogP contribution in [0.15, 0.2) is 51.9 Å². The lowest BCUT2D eigenvalue weighted by Crippen LogP contribution is -2.34. The van der Waals surface area contributed by atoms with E-state index in [4.69, 9.17) is 23.2 Å². The molecule has 1 unspecified atom stereocenters. The number of benzene rings is 2. The zero-order chi connectivity index (χ0) is 17.1. The van der Waals surface area contributed by atoms with Crippen molar-refractivity contribution in [2.45, 2.75) is 6.04 Å². The van der Waals surface area contributed by atoms with E-state index in [1.807, 2.05) is 36.4 Å². The summed E-state index contributed by atoms with van der Waals surface area (Å²) >= 11 is 15.4. The van der Waals surface area contributed by atoms with E-state index >= 15 is 0 Å². The molecular formula is C17H14BrCl2N3O. The number of nitrogens with one attached hydrogen (secondary N) is 2. The fourth-order valence-corrected chi connectivity index (χ4v) is 3.06. The highest BCUT2D eigenvalue weighted by atomic mass is 79.9. The molecule has 0 spiro atoms. The second kappa shape index (κ2) is 7.55. The maximum Gasteiger partial charge on any atom is 0.249 e. The van der Waals surface area contributed by atoms with Gasteiger partial charge in [0.15, 0.2) is 6.04 Å². The molecule has 0 fully saturated rings. The number of anilines is 1. The molecule has 4 nitrogen and oxygen atoms in total. The smallest absolute Gasteiger partial charge is 0.249 e. The summed E-state index contributed by atoms with van der Waals surface area (Å²) in [7, 11) is 0. The molecule has 1 heterocycles. The van der Waals surface area contributed by atoms with E-state index in [2.05, 4.69) is 31.6 Å². The van der Waals surface area contributed by atoms with Crippen LogP contribution in [0, 0.1) is 0 Å². The summed E-state index contributed by atoms with van der Waals surface area (Å²) in [4.78, 5) is 17.1. The first kappa shape index (κ1) is 17.3. The Bertz CT molecular complexity index is 793. The number of rotatable bonds is 4. The van der Waals surface area contributed by atoms with E-state index in [1.165, 1.54) is 0 Å². The van der Waals surface area contributed by atoms with Gasteiger partial charge in [-0.25, -0.2) is 4.99 Å². The number of nitrogens with zero attached hydrogens (tertiary/aromatic N) is 1. The summed E-state index contributed by atoms with van der Waals surface area (Å²) < 4.78 is 0.970. The molecule has 124 valence electrons. The molecule has 0 aliphatic carbocycles. The number of carbonyl (C=O) groups is 1. The fourth-order valence-electron chi connectivity index (χ4n) is 2.47. The Labute approximate surface area is 158 Å². The van der Waals surface area contributed by atoms with Crippen LogP contribution < -0.4 is 10.6 Å². The highest BCUT2D eigenvalue weighted by molar-refractivity contribution is 9.10. The molecule has 2 N–H and O–H groups in total. The van der Waals surface area contributed by atoms with Gasteiger partial charge in [-0.1, -0.05) is 51.8 Å². The van der Waals surface area contributed by atoms with Crippen molar-refractivity contribution in [3.63, 3.8) is 0 Å². The minimum Gasteiger partial charge on any atom is -0.353 e. The van der Waals surface area contributed by atoms with Crippen molar-refractivity contribution in [3.8, 4) is 0 Å². The number of alkyl halides is 1. The third-order valence-electron chi connectivity index (χ3n) is 3.60. The lowest BCUT2D eigenvalue weighted by molar-refractivity contribution is -0.122. The number of amides is 1. The molecule has 0 radical (unpaired) electrons. The number of para-hydroxylation sites is 1. The molecule has 24 heavy (non-hydrogen) atoms. The third kappa shape index (κ3) is 3.58. The van der Waals surface area contributed by atoms with Crippen molar-refractivity contribution in [2.24, 2.45) is 4.99 Å². The van der Waals surface area contributed by atoms with E-state index in [0.717, 1.165) is 15.6 Å². The van der Waals surface area contributed by atoms with Gasteiger partial charge in [0.2, 0.25) is 5.91 Å². The number of halogens is 3. The van der Waals surface area contributed by atoms with Gasteiger partial charge in [0.25, 0.3) is 0 Å². The zero-order valence-electron chi connectivity index (χ0n) is 12.5. The predicted octanol–water partition coefficient (Wildman–Crippen LogP) is 4.37. The highest BCUT2D eigenvalue weighted by Crippen LogP contribution is 2.36. The maximum absolute atomic E-state index is 12.5. The molecule has 1 aliphatic heterocycles. The van der Waals surface area contributed by atoms with Crippen LogP contribution in [0.2, 0.25) is 5.02 Å². The first-order chi connectivity index (χ1) is 11.6. The summed E-state index contributed by atoms with van der Waals surface area (Å²) in [6, 6.07) is 12.5. The highest BCUT2D eigenvalue weighted by Gasteiger charge is 2.29. The Hall–Kier alpha value is -1.56. The lowest BCUT2D eigenvalue weighted by Gasteiger charge is -2.25. The van der Waals surface area contributed by atoms with E-state index in [9.17, 15) is 4.79 Å². The number of hydrogen-bond acceptors (Lipinski definition) is 3. The van der Waals surface area contributed by atoms with Gasteiger partial charge in [0.1, 0.15) is 5.84 Å². The van der Waals surface area contributed by atoms with Gasteiger partial charge in [0, 0.05) is 28.0 Å². The Kier molecular flexibility index (Phi) is 5.43. The number of hydrogen-bond donors (Lipinski definition) is 2. The third-order valence-corrected chi connectivity index (χ3v) is 4.63. The molecule has 0 saturated heterocycles. The fraction of sp³-hybridized carbons (Fsp3) is 0.176. The largest absolute Gasteiger partial charge is 0.353 e. The molecule has 3 rings (SSSR count). The van der Waals surface area contributed by atoms with Crippen LogP contribution in [-0.2, 0) is 4.79 Å². The standard InChI is InChI=1S/C17H14BrCl2N3O/c18-11-6-4-10(5-7-11)16-22-14-12(2-1-3-13(14)20)15(23-16)17(24)21-9-8-19/h1-7,15H,8-9H2,(H,21,24)(H,22,23). The Morgan fingerprint density at radius 3 is 2.71 bits per heavy atom. The van der Waals surface area contributed by atoms with Gasteiger partial charge in [-0.15, -0.1) is 11.6 Å². The van der Waals surface area contributed by atoms with Crippen molar-refractivity contribution in [1.29, 1.82) is 0 Å². The van der Waals surface area contributed by atoms with Crippen molar-refractivity contribution in [3.05, 3.63) is 63.1 Å². The topological polar surface area (TPSA) is 53.5 Å². The quantitative estimate of drug-likeness (QED) is 0.713. The van der Waals surface area contributed by atoms with Crippen LogP contribution in [0.4, 0.5) is 5.69 Å². The summed E-state index contributed by atoms with van der Waals surface area (Å²) in [6.07, 6.45) is 0. The van der Waals surface area contributed by atoms with Crippen molar-refractivity contribution in [1.82, 2.24) is 5.32 Å². The van der Waals surface area contributed by atoms with Gasteiger partial charge in [-0.2, -0.15) is 0 Å². The normalized spacial score (nSPS) is 16.0. The SMILES string of the molecule is O=C(NCCCl)C1N=C(c2ccc(Br)cc2)Nc2c(Cl)cccc21. The van der Waals surface area contributed by atoms with Gasteiger partial charge < -0.3 is 10.6 Å². The maximum atomic E-state index is 12.5. The van der Waals surface area contributed by atoms with E-state index in [1.54, 1.807) is 6.07 Å². The minimum absolute atomic E-state index is 0.199. The zero-order valence-corrected chi connectivity index (χ0v) is 15.6. The van der Waals surface area contributed by atoms with E-state index in [-0.39, 0.29) is 5.91 Å². The van der Waals surface area contributed by atoms with Crippen molar-refractivity contribution < 1.29 is 4.79 Å². The molecule has 7 heteroatoms. The molecule has 0 bridgehead atoms. The Balaban J connectivity index is 2.02. The molecule has 1 atom stereocenters. The molecule has 1 amide bonds. The first-order valence-electron chi connectivity index (χ1n) is 7.33. The second-order valence-corrected chi connectivity index (χ2v) is 6.90. The summed E-state index contributed by atoms with van der Waals surface area (Å²) in [5, 5.41) is 6.57. The monoisotopic (exact) mass is 425 g/mol. The van der Waals surface area contributed by atoms with Gasteiger partial charge in [0.05, 0.1) is 10.7 Å². The molecule has 2 aromatic rings. The summed E-state index contributed by atoms with van der Waals surface area (Å²) in [5.74, 6) is 0.756. The number of fused-ring (bicyclic) bond motifs is 1. The summed E-state index contributed by atoms with van der Waals surface area (Å²) in [5.41, 5.74) is 2.33. The van der Waals surface area contributed by atoms with E-state index < -0.39 is 6.04 Å². The molecule has 0 saturated carbocycles. The first-order valence-corrected chi connectivity index (χ1v) is 9.03. The molecule has 1 aliphatic rings.